The van der Waals surface area contributed by atoms with Gasteiger partial charge in [0.15, 0.2) is 6.23 Å². The molecule has 0 bridgehead atoms. The van der Waals surface area contributed by atoms with Gasteiger partial charge in [0.25, 0.3) is 5.56 Å². The summed E-state index contributed by atoms with van der Waals surface area (Å²) >= 11 is 0. The molecule has 1 aromatic heterocycles. The number of H-pyrrole nitrogens is 1. The number of hydrogen-bond acceptors (Lipinski definition) is 6. The van der Waals surface area contributed by atoms with Gasteiger partial charge >= 0.3 is 5.69 Å². The fraction of sp³-hybridized carbons (Fsp3) is 0.556. The molecule has 3 atom stereocenters. The SMILES string of the molecule is O=c1ccn(C(O)C(O)C(O)CCO)c(=O)[nH]1. The molecule has 0 radical (unpaired) electrons. The molecule has 0 aliphatic rings. The van der Waals surface area contributed by atoms with Crippen molar-refractivity contribution in [1.29, 1.82) is 0 Å². The van der Waals surface area contributed by atoms with Crippen molar-refractivity contribution < 1.29 is 20.4 Å². The molecule has 8 heteroatoms. The first-order chi connectivity index (χ1) is 7.97. The number of rotatable bonds is 5. The molecular weight excluding hydrogens is 232 g/mol. The van der Waals surface area contributed by atoms with Crippen molar-refractivity contribution in [2.75, 3.05) is 6.61 Å². The third-order valence-corrected chi connectivity index (χ3v) is 2.26. The van der Waals surface area contributed by atoms with Gasteiger partial charge in [-0.2, -0.15) is 0 Å². The standard InChI is InChI=1S/C9H14N2O6/c12-4-2-5(13)7(15)8(16)11-3-1-6(14)10-9(11)17/h1,3,5,7-8,12-13,15-16H,2,4H2,(H,10,14,17). The van der Waals surface area contributed by atoms with Crippen molar-refractivity contribution in [3.05, 3.63) is 33.1 Å². The predicted molar refractivity (Wildman–Crippen MR) is 56.3 cm³/mol. The van der Waals surface area contributed by atoms with Crippen LogP contribution in [0.5, 0.6) is 0 Å². The molecule has 8 nitrogen and oxygen atoms in total. The van der Waals surface area contributed by atoms with Crippen LogP contribution in [-0.2, 0) is 0 Å². The van der Waals surface area contributed by atoms with E-state index in [0.717, 1.165) is 12.3 Å². The number of aliphatic hydroxyl groups excluding tert-OH is 4. The van der Waals surface area contributed by atoms with E-state index < -0.39 is 29.7 Å². The van der Waals surface area contributed by atoms with Gasteiger partial charge in [-0.15, -0.1) is 0 Å². The molecule has 0 amide bonds. The quantitative estimate of drug-likeness (QED) is 0.379. The van der Waals surface area contributed by atoms with E-state index in [4.69, 9.17) is 5.11 Å². The van der Waals surface area contributed by atoms with E-state index in [2.05, 4.69) is 0 Å². The van der Waals surface area contributed by atoms with E-state index in [9.17, 15) is 24.9 Å². The van der Waals surface area contributed by atoms with Crippen LogP contribution in [0.25, 0.3) is 0 Å². The zero-order valence-electron chi connectivity index (χ0n) is 8.85. The Labute approximate surface area is 95.4 Å². The number of aliphatic hydroxyl groups is 4. The monoisotopic (exact) mass is 246 g/mol. The summed E-state index contributed by atoms with van der Waals surface area (Å²) in [7, 11) is 0. The van der Waals surface area contributed by atoms with Crippen LogP contribution >= 0.6 is 0 Å². The predicted octanol–water partition coefficient (Wildman–Crippen LogP) is -2.87. The van der Waals surface area contributed by atoms with Gasteiger partial charge in [-0.25, -0.2) is 4.79 Å². The highest BCUT2D eigenvalue weighted by Crippen LogP contribution is 2.10. The van der Waals surface area contributed by atoms with Crippen LogP contribution in [0.2, 0.25) is 0 Å². The highest BCUT2D eigenvalue weighted by atomic mass is 16.4. The van der Waals surface area contributed by atoms with Gasteiger partial charge in [0, 0.05) is 18.9 Å². The van der Waals surface area contributed by atoms with Gasteiger partial charge in [0.05, 0.1) is 6.10 Å². The van der Waals surface area contributed by atoms with Crippen molar-refractivity contribution in [2.45, 2.75) is 24.9 Å². The second kappa shape index (κ2) is 5.73. The molecule has 0 aromatic carbocycles. The van der Waals surface area contributed by atoms with E-state index in [1.54, 1.807) is 0 Å². The molecule has 1 rings (SSSR count). The Morgan fingerprint density at radius 2 is 1.94 bits per heavy atom. The fourth-order valence-electron chi connectivity index (χ4n) is 1.30. The summed E-state index contributed by atoms with van der Waals surface area (Å²) in [5.74, 6) is 0. The largest absolute Gasteiger partial charge is 0.396 e. The van der Waals surface area contributed by atoms with Gasteiger partial charge in [0.2, 0.25) is 0 Å². The number of nitrogens with zero attached hydrogens (tertiary/aromatic N) is 1. The highest BCUT2D eigenvalue weighted by molar-refractivity contribution is 4.86. The van der Waals surface area contributed by atoms with Crippen molar-refractivity contribution in [3.63, 3.8) is 0 Å². The lowest BCUT2D eigenvalue weighted by Gasteiger charge is -2.23. The van der Waals surface area contributed by atoms with Gasteiger partial charge in [-0.3, -0.25) is 14.3 Å². The van der Waals surface area contributed by atoms with Gasteiger partial charge in [-0.05, 0) is 6.42 Å². The van der Waals surface area contributed by atoms with E-state index in [1.807, 2.05) is 4.98 Å². The molecule has 0 spiro atoms. The van der Waals surface area contributed by atoms with Gasteiger partial charge in [0.1, 0.15) is 6.10 Å². The summed E-state index contributed by atoms with van der Waals surface area (Å²) in [5.41, 5.74) is -1.54. The van der Waals surface area contributed by atoms with Crippen LogP contribution in [0, 0.1) is 0 Å². The second-order valence-electron chi connectivity index (χ2n) is 3.50. The minimum atomic E-state index is -1.71. The maximum absolute atomic E-state index is 11.3. The summed E-state index contributed by atoms with van der Waals surface area (Å²) in [5, 5.41) is 37.0. The summed E-state index contributed by atoms with van der Waals surface area (Å²) in [6, 6.07) is 0.996. The molecule has 0 fully saturated rings. The van der Waals surface area contributed by atoms with Crippen molar-refractivity contribution in [2.24, 2.45) is 0 Å². The highest BCUT2D eigenvalue weighted by Gasteiger charge is 2.26. The zero-order chi connectivity index (χ0) is 13.0. The Bertz CT molecular complexity index is 467. The van der Waals surface area contributed by atoms with Crippen LogP contribution in [-0.4, -0.2) is 48.8 Å². The average molecular weight is 246 g/mol. The number of hydrogen-bond donors (Lipinski definition) is 5. The van der Waals surface area contributed by atoms with E-state index in [0.29, 0.717) is 4.57 Å². The van der Waals surface area contributed by atoms with Crippen molar-refractivity contribution in [3.8, 4) is 0 Å². The van der Waals surface area contributed by atoms with Crippen molar-refractivity contribution in [1.82, 2.24) is 9.55 Å². The van der Waals surface area contributed by atoms with Crippen LogP contribution in [0.4, 0.5) is 0 Å². The maximum Gasteiger partial charge on any atom is 0.330 e. The minimum Gasteiger partial charge on any atom is -0.396 e. The summed E-state index contributed by atoms with van der Waals surface area (Å²) in [6.45, 7) is -0.370. The lowest BCUT2D eigenvalue weighted by atomic mass is 10.1. The van der Waals surface area contributed by atoms with Crippen LogP contribution in [0.3, 0.4) is 0 Å². The van der Waals surface area contributed by atoms with Crippen molar-refractivity contribution >= 4 is 0 Å². The number of aromatic nitrogens is 2. The van der Waals surface area contributed by atoms with Crippen LogP contribution in [0.1, 0.15) is 12.6 Å². The Kier molecular flexibility index (Phi) is 4.58. The first-order valence-electron chi connectivity index (χ1n) is 4.94. The normalized spacial score (nSPS) is 16.5. The Morgan fingerprint density at radius 3 is 2.47 bits per heavy atom. The lowest BCUT2D eigenvalue weighted by Crippen LogP contribution is -2.41. The van der Waals surface area contributed by atoms with Gasteiger partial charge in [-0.1, -0.05) is 0 Å². The van der Waals surface area contributed by atoms with Gasteiger partial charge < -0.3 is 20.4 Å². The average Bonchev–Trinajstić information content (AvgIpc) is 2.27. The van der Waals surface area contributed by atoms with Crippen LogP contribution < -0.4 is 11.2 Å². The first-order valence-corrected chi connectivity index (χ1v) is 4.94. The van der Waals surface area contributed by atoms with E-state index in [-0.39, 0.29) is 13.0 Å². The molecule has 5 N–H and O–H groups in total. The molecule has 3 unspecified atom stereocenters. The molecule has 0 aliphatic carbocycles. The molecule has 0 aliphatic heterocycles. The Morgan fingerprint density at radius 1 is 1.29 bits per heavy atom. The molecule has 1 heterocycles. The summed E-state index contributed by atoms with van der Waals surface area (Å²) in [4.78, 5) is 23.9. The molecule has 17 heavy (non-hydrogen) atoms. The summed E-state index contributed by atoms with van der Waals surface area (Å²) in [6.07, 6.45) is -3.88. The fourth-order valence-corrected chi connectivity index (χ4v) is 1.30. The molecule has 0 saturated carbocycles. The number of nitrogens with one attached hydrogen (secondary N) is 1. The Balaban J connectivity index is 2.92. The van der Waals surface area contributed by atoms with E-state index >= 15 is 0 Å². The van der Waals surface area contributed by atoms with Crippen LogP contribution in [0.15, 0.2) is 21.9 Å². The smallest absolute Gasteiger partial charge is 0.330 e. The topological polar surface area (TPSA) is 136 Å². The second-order valence-corrected chi connectivity index (χ2v) is 3.50. The first kappa shape index (κ1) is 13.6. The molecule has 96 valence electrons. The number of aromatic amines is 1. The summed E-state index contributed by atoms with van der Waals surface area (Å²) < 4.78 is 0.673. The maximum atomic E-state index is 11.3. The third-order valence-electron chi connectivity index (χ3n) is 2.26. The third kappa shape index (κ3) is 3.24. The Hall–Kier alpha value is -1.48. The van der Waals surface area contributed by atoms with E-state index in [1.165, 1.54) is 0 Å². The minimum absolute atomic E-state index is 0.143. The molecule has 1 aromatic rings. The lowest BCUT2D eigenvalue weighted by molar-refractivity contribution is -0.0975. The molecular formula is C9H14N2O6. The molecule has 0 saturated heterocycles. The zero-order valence-corrected chi connectivity index (χ0v) is 8.85.